The van der Waals surface area contributed by atoms with E-state index in [0.717, 1.165) is 4.31 Å². The fourth-order valence-corrected chi connectivity index (χ4v) is 4.65. The largest absolute Gasteiger partial charge is 0.482 e. The van der Waals surface area contributed by atoms with Gasteiger partial charge in [0, 0.05) is 0 Å². The van der Waals surface area contributed by atoms with E-state index in [9.17, 15) is 18.0 Å². The number of carbonyl (C=O) groups excluding carboxylic acids is 2. The zero-order valence-corrected chi connectivity index (χ0v) is 20.2. The molecule has 0 heterocycles. The maximum atomic E-state index is 13.3. The molecular weight excluding hydrogens is 494 g/mol. The molecule has 35 heavy (non-hydrogen) atoms. The van der Waals surface area contributed by atoms with Crippen molar-refractivity contribution in [1.29, 1.82) is 0 Å². The van der Waals surface area contributed by atoms with E-state index in [4.69, 9.17) is 16.3 Å². The van der Waals surface area contributed by atoms with Crippen molar-refractivity contribution in [3.05, 3.63) is 89.4 Å². The summed E-state index contributed by atoms with van der Waals surface area (Å²) in [6.07, 6.45) is 1.36. The van der Waals surface area contributed by atoms with Crippen molar-refractivity contribution >= 4 is 45.4 Å². The molecule has 1 N–H and O–H groups in total. The summed E-state index contributed by atoms with van der Waals surface area (Å²) < 4.78 is 37.3. The summed E-state index contributed by atoms with van der Waals surface area (Å²) in [4.78, 5) is 23.9. The minimum absolute atomic E-state index is 0.0139. The van der Waals surface area contributed by atoms with E-state index in [1.54, 1.807) is 54.6 Å². The molecule has 0 bridgehead atoms. The average molecular weight is 516 g/mol. The zero-order valence-electron chi connectivity index (χ0n) is 18.6. The Morgan fingerprint density at radius 2 is 1.74 bits per heavy atom. The Hall–Kier alpha value is -3.89. The lowest BCUT2D eigenvalue weighted by Crippen LogP contribution is -2.39. The lowest BCUT2D eigenvalue weighted by atomic mass is 10.2. The molecule has 11 heteroatoms. The predicted molar refractivity (Wildman–Crippen MR) is 132 cm³/mol. The summed E-state index contributed by atoms with van der Waals surface area (Å²) in [5.74, 6) is -0.798. The van der Waals surface area contributed by atoms with Crippen molar-refractivity contribution in [3.63, 3.8) is 0 Å². The number of nitrogens with one attached hydrogen (secondary N) is 1. The molecule has 182 valence electrons. The van der Waals surface area contributed by atoms with E-state index in [1.165, 1.54) is 37.6 Å². The maximum Gasteiger partial charge on any atom is 0.343 e. The van der Waals surface area contributed by atoms with Crippen LogP contribution in [0.15, 0.2) is 88.9 Å². The molecule has 9 nitrogen and oxygen atoms in total. The summed E-state index contributed by atoms with van der Waals surface area (Å²) in [6, 6.07) is 20.7. The third-order valence-electron chi connectivity index (χ3n) is 4.58. The van der Waals surface area contributed by atoms with Crippen LogP contribution in [0.5, 0.6) is 5.75 Å². The molecule has 0 unspecified atom stereocenters. The lowest BCUT2D eigenvalue weighted by Gasteiger charge is -2.24. The molecule has 3 aromatic carbocycles. The third-order valence-corrected chi connectivity index (χ3v) is 6.68. The normalized spacial score (nSPS) is 11.1. The number of nitrogens with zero attached hydrogens (tertiary/aromatic N) is 2. The van der Waals surface area contributed by atoms with Gasteiger partial charge in [0.1, 0.15) is 12.3 Å². The molecular formula is C24H22ClN3O6S. The molecule has 0 aromatic heterocycles. The van der Waals surface area contributed by atoms with Gasteiger partial charge in [-0.25, -0.2) is 18.6 Å². The van der Waals surface area contributed by atoms with Crippen LogP contribution >= 0.6 is 11.6 Å². The number of rotatable bonds is 10. The smallest absolute Gasteiger partial charge is 0.343 e. The molecule has 0 atom stereocenters. The minimum atomic E-state index is -4.09. The summed E-state index contributed by atoms with van der Waals surface area (Å²) in [6.45, 7) is -0.803. The summed E-state index contributed by atoms with van der Waals surface area (Å²) >= 11 is 6.24. The van der Waals surface area contributed by atoms with Gasteiger partial charge in [0.15, 0.2) is 6.61 Å². The van der Waals surface area contributed by atoms with E-state index >= 15 is 0 Å². The number of hydrogen-bond acceptors (Lipinski definition) is 7. The van der Waals surface area contributed by atoms with Crippen molar-refractivity contribution in [3.8, 4) is 5.75 Å². The van der Waals surface area contributed by atoms with Crippen molar-refractivity contribution in [1.82, 2.24) is 5.43 Å². The number of hydrazone groups is 1. The molecule has 0 saturated carbocycles. The van der Waals surface area contributed by atoms with Gasteiger partial charge in [0.05, 0.1) is 28.9 Å². The first-order valence-corrected chi connectivity index (χ1v) is 12.1. The van der Waals surface area contributed by atoms with E-state index in [1.807, 2.05) is 0 Å². The lowest BCUT2D eigenvalue weighted by molar-refractivity contribution is -0.142. The van der Waals surface area contributed by atoms with Gasteiger partial charge in [-0.05, 0) is 42.0 Å². The highest BCUT2D eigenvalue weighted by Gasteiger charge is 2.28. The quantitative estimate of drug-likeness (QED) is 0.252. The number of amides is 1. The second-order valence-electron chi connectivity index (χ2n) is 7.01. The Morgan fingerprint density at radius 1 is 1.03 bits per heavy atom. The number of methoxy groups -OCH3 is 1. The fraction of sp³-hybridized carbons (Fsp3) is 0.125. The Morgan fingerprint density at radius 3 is 2.46 bits per heavy atom. The van der Waals surface area contributed by atoms with Crippen LogP contribution in [0, 0.1) is 0 Å². The summed E-state index contributed by atoms with van der Waals surface area (Å²) in [7, 11) is -2.83. The van der Waals surface area contributed by atoms with Crippen molar-refractivity contribution in [2.45, 2.75) is 4.90 Å². The van der Waals surface area contributed by atoms with Gasteiger partial charge in [-0.1, -0.05) is 54.1 Å². The van der Waals surface area contributed by atoms with Gasteiger partial charge in [0.25, 0.3) is 15.9 Å². The molecule has 3 aromatic rings. The molecule has 1 amide bonds. The second-order valence-corrected chi connectivity index (χ2v) is 9.28. The number of benzene rings is 3. The molecule has 0 aliphatic carbocycles. The minimum Gasteiger partial charge on any atom is -0.482 e. The number of para-hydroxylation sites is 1. The first-order chi connectivity index (χ1) is 16.8. The van der Waals surface area contributed by atoms with E-state index in [0.29, 0.717) is 11.3 Å². The molecule has 0 aliphatic rings. The van der Waals surface area contributed by atoms with Crippen LogP contribution in [0.3, 0.4) is 0 Å². The van der Waals surface area contributed by atoms with Crippen LogP contribution in [0.1, 0.15) is 5.56 Å². The molecule has 0 radical (unpaired) electrons. The van der Waals surface area contributed by atoms with E-state index in [2.05, 4.69) is 15.3 Å². The van der Waals surface area contributed by atoms with Gasteiger partial charge < -0.3 is 9.47 Å². The van der Waals surface area contributed by atoms with Crippen LogP contribution in [0.4, 0.5) is 5.69 Å². The maximum absolute atomic E-state index is 13.3. The number of sulfonamides is 1. The van der Waals surface area contributed by atoms with Gasteiger partial charge in [-0.3, -0.25) is 9.10 Å². The Labute approximate surface area is 208 Å². The van der Waals surface area contributed by atoms with Crippen LogP contribution in [0.25, 0.3) is 0 Å². The van der Waals surface area contributed by atoms with Crippen LogP contribution < -0.4 is 14.5 Å². The van der Waals surface area contributed by atoms with Crippen LogP contribution in [-0.2, 0) is 24.3 Å². The number of anilines is 1. The first-order valence-electron chi connectivity index (χ1n) is 10.2. The molecule has 0 aliphatic heterocycles. The Bertz CT molecular complexity index is 1320. The molecule has 3 rings (SSSR count). The third kappa shape index (κ3) is 7.05. The highest BCUT2D eigenvalue weighted by molar-refractivity contribution is 7.92. The van der Waals surface area contributed by atoms with Crippen LogP contribution in [-0.4, -0.2) is 46.8 Å². The fourth-order valence-electron chi connectivity index (χ4n) is 2.90. The second kappa shape index (κ2) is 12.0. The van der Waals surface area contributed by atoms with Gasteiger partial charge in [0.2, 0.25) is 0 Å². The average Bonchev–Trinajstić information content (AvgIpc) is 2.87. The topological polar surface area (TPSA) is 114 Å². The SMILES string of the molecule is COC(=O)COc1cccc(/C=N\NC(=O)CN(c2ccccc2Cl)S(=O)(=O)c2ccccc2)c1. The van der Waals surface area contributed by atoms with E-state index < -0.39 is 28.4 Å². The molecule has 0 saturated heterocycles. The van der Waals surface area contributed by atoms with Crippen LogP contribution in [0.2, 0.25) is 5.02 Å². The Kier molecular flexibility index (Phi) is 8.82. The Balaban J connectivity index is 1.74. The zero-order chi connectivity index (χ0) is 25.3. The number of esters is 1. The van der Waals surface area contributed by atoms with Crippen molar-refractivity contribution in [2.24, 2.45) is 5.10 Å². The number of carbonyl (C=O) groups is 2. The standard InChI is InChI=1S/C24H22ClN3O6S/c1-33-24(30)17-34-19-9-7-8-18(14-19)15-26-27-23(29)16-28(22-13-6-5-12-21(22)25)35(31,32)20-10-3-2-4-11-20/h2-15H,16-17H2,1H3,(H,27,29)/b26-15-. The van der Waals surface area contributed by atoms with Crippen molar-refractivity contribution < 1.29 is 27.5 Å². The predicted octanol–water partition coefficient (Wildman–Crippen LogP) is 3.24. The highest BCUT2D eigenvalue weighted by atomic mass is 35.5. The van der Waals surface area contributed by atoms with Gasteiger partial charge in [-0.2, -0.15) is 5.10 Å². The molecule has 0 spiro atoms. The van der Waals surface area contributed by atoms with E-state index in [-0.39, 0.29) is 22.2 Å². The summed E-state index contributed by atoms with van der Waals surface area (Å²) in [5.41, 5.74) is 3.06. The van der Waals surface area contributed by atoms with Gasteiger partial charge in [-0.15, -0.1) is 0 Å². The first kappa shape index (κ1) is 25.7. The monoisotopic (exact) mass is 515 g/mol. The van der Waals surface area contributed by atoms with Crippen molar-refractivity contribution in [2.75, 3.05) is 24.6 Å². The highest BCUT2D eigenvalue weighted by Crippen LogP contribution is 2.30. The molecule has 0 fully saturated rings. The number of ether oxygens (including phenoxy) is 2. The summed E-state index contributed by atoms with van der Waals surface area (Å²) in [5, 5.41) is 4.07. The number of hydrogen-bond donors (Lipinski definition) is 1. The number of halogens is 1. The van der Waals surface area contributed by atoms with Gasteiger partial charge >= 0.3 is 5.97 Å².